The van der Waals surface area contributed by atoms with Gasteiger partial charge in [0.2, 0.25) is 0 Å². The number of aromatic nitrogens is 3. The highest BCUT2D eigenvalue weighted by molar-refractivity contribution is 5.76. The number of rotatable bonds is 5. The summed E-state index contributed by atoms with van der Waals surface area (Å²) in [6, 6.07) is 7.77. The van der Waals surface area contributed by atoms with Gasteiger partial charge in [-0.2, -0.15) is 5.10 Å². The molecule has 0 aliphatic rings. The Balaban J connectivity index is 2.31. The van der Waals surface area contributed by atoms with Crippen molar-refractivity contribution in [3.05, 3.63) is 47.5 Å². The van der Waals surface area contributed by atoms with Gasteiger partial charge in [0, 0.05) is 12.5 Å². The van der Waals surface area contributed by atoms with E-state index < -0.39 is 11.9 Å². The molecule has 20 heavy (non-hydrogen) atoms. The van der Waals surface area contributed by atoms with E-state index in [9.17, 15) is 9.90 Å². The Labute approximate surface area is 118 Å². The predicted octanol–water partition coefficient (Wildman–Crippen LogP) is 2.58. The molecular weight excluding hydrogens is 254 g/mol. The molecule has 0 bridgehead atoms. The molecule has 5 nitrogen and oxygen atoms in total. The second-order valence-corrected chi connectivity index (χ2v) is 5.22. The van der Waals surface area contributed by atoms with Crippen LogP contribution in [-0.4, -0.2) is 25.8 Å². The van der Waals surface area contributed by atoms with Gasteiger partial charge in [0.05, 0.1) is 5.92 Å². The van der Waals surface area contributed by atoms with Crippen molar-refractivity contribution in [1.82, 2.24) is 14.8 Å². The van der Waals surface area contributed by atoms with Crippen molar-refractivity contribution in [2.75, 3.05) is 0 Å². The van der Waals surface area contributed by atoms with E-state index in [4.69, 9.17) is 0 Å². The van der Waals surface area contributed by atoms with E-state index in [0.29, 0.717) is 12.2 Å². The highest BCUT2D eigenvalue weighted by Gasteiger charge is 2.23. The Morgan fingerprint density at radius 1 is 1.40 bits per heavy atom. The standard InChI is InChI=1S/C15H19N3O2/c1-10(2)18-14(16-9-17-18)8-13(15(19)20)12-6-4-5-11(3)7-12/h4-7,9-10,13H,8H2,1-3H3,(H,19,20). The molecule has 5 heteroatoms. The molecule has 2 rings (SSSR count). The van der Waals surface area contributed by atoms with Crippen LogP contribution in [0.15, 0.2) is 30.6 Å². The van der Waals surface area contributed by atoms with Crippen LogP contribution in [0.3, 0.4) is 0 Å². The van der Waals surface area contributed by atoms with Crippen molar-refractivity contribution in [3.63, 3.8) is 0 Å². The van der Waals surface area contributed by atoms with E-state index in [1.54, 1.807) is 4.68 Å². The van der Waals surface area contributed by atoms with Crippen molar-refractivity contribution in [3.8, 4) is 0 Å². The second-order valence-electron chi connectivity index (χ2n) is 5.22. The third-order valence-corrected chi connectivity index (χ3v) is 3.27. The Kier molecular flexibility index (Phi) is 4.17. The summed E-state index contributed by atoms with van der Waals surface area (Å²) >= 11 is 0. The first-order valence-electron chi connectivity index (χ1n) is 6.66. The molecule has 0 saturated carbocycles. The SMILES string of the molecule is Cc1cccc(C(Cc2ncnn2C(C)C)C(=O)O)c1. The van der Waals surface area contributed by atoms with E-state index >= 15 is 0 Å². The van der Waals surface area contributed by atoms with Gasteiger partial charge in [0.25, 0.3) is 0 Å². The molecule has 1 unspecified atom stereocenters. The van der Waals surface area contributed by atoms with Gasteiger partial charge < -0.3 is 5.11 Å². The first-order chi connectivity index (χ1) is 9.49. The average Bonchev–Trinajstić information content (AvgIpc) is 2.83. The predicted molar refractivity (Wildman–Crippen MR) is 75.7 cm³/mol. The van der Waals surface area contributed by atoms with Crippen molar-refractivity contribution in [1.29, 1.82) is 0 Å². The first kappa shape index (κ1) is 14.2. The fraction of sp³-hybridized carbons (Fsp3) is 0.400. The molecule has 106 valence electrons. The number of aliphatic carboxylic acids is 1. The van der Waals surface area contributed by atoms with Crippen LogP contribution in [0.2, 0.25) is 0 Å². The summed E-state index contributed by atoms with van der Waals surface area (Å²) < 4.78 is 1.77. The van der Waals surface area contributed by atoms with E-state index in [0.717, 1.165) is 11.1 Å². The molecule has 1 aromatic carbocycles. The molecule has 0 amide bonds. The van der Waals surface area contributed by atoms with Crippen molar-refractivity contribution in [2.24, 2.45) is 0 Å². The molecule has 2 aromatic rings. The van der Waals surface area contributed by atoms with Gasteiger partial charge in [0.1, 0.15) is 12.2 Å². The van der Waals surface area contributed by atoms with Gasteiger partial charge >= 0.3 is 5.97 Å². The lowest BCUT2D eigenvalue weighted by Crippen LogP contribution is -2.18. The second kappa shape index (κ2) is 5.86. The molecule has 0 saturated heterocycles. The zero-order chi connectivity index (χ0) is 14.7. The van der Waals surface area contributed by atoms with Crippen LogP contribution in [0.4, 0.5) is 0 Å². The highest BCUT2D eigenvalue weighted by Crippen LogP contribution is 2.22. The Bertz CT molecular complexity index is 605. The van der Waals surface area contributed by atoms with E-state index in [-0.39, 0.29) is 6.04 Å². The maximum atomic E-state index is 11.6. The fourth-order valence-electron chi connectivity index (χ4n) is 2.27. The van der Waals surface area contributed by atoms with Crippen LogP contribution in [0.25, 0.3) is 0 Å². The maximum absolute atomic E-state index is 11.6. The summed E-state index contributed by atoms with van der Waals surface area (Å²) in [7, 11) is 0. The van der Waals surface area contributed by atoms with Gasteiger partial charge in [-0.05, 0) is 26.3 Å². The Morgan fingerprint density at radius 2 is 2.15 bits per heavy atom. The lowest BCUT2D eigenvalue weighted by atomic mass is 9.94. The molecule has 1 atom stereocenters. The van der Waals surface area contributed by atoms with Crippen LogP contribution in [0.1, 0.15) is 42.8 Å². The molecule has 0 radical (unpaired) electrons. The highest BCUT2D eigenvalue weighted by atomic mass is 16.4. The molecular formula is C15H19N3O2. The van der Waals surface area contributed by atoms with Crippen molar-refractivity contribution in [2.45, 2.75) is 39.2 Å². The Morgan fingerprint density at radius 3 is 2.75 bits per heavy atom. The fourth-order valence-corrected chi connectivity index (χ4v) is 2.27. The molecule has 1 heterocycles. The van der Waals surface area contributed by atoms with Gasteiger partial charge in [-0.15, -0.1) is 0 Å². The number of benzene rings is 1. The van der Waals surface area contributed by atoms with Crippen LogP contribution in [0.5, 0.6) is 0 Å². The van der Waals surface area contributed by atoms with Crippen LogP contribution in [0, 0.1) is 6.92 Å². The minimum absolute atomic E-state index is 0.166. The molecule has 0 aliphatic heterocycles. The zero-order valence-corrected chi connectivity index (χ0v) is 11.9. The minimum atomic E-state index is -0.839. The number of carbonyl (C=O) groups is 1. The van der Waals surface area contributed by atoms with E-state index in [1.807, 2.05) is 45.0 Å². The third kappa shape index (κ3) is 3.04. The molecule has 0 spiro atoms. The minimum Gasteiger partial charge on any atom is -0.481 e. The molecule has 0 aliphatic carbocycles. The number of carboxylic acids is 1. The summed E-state index contributed by atoms with van der Waals surface area (Å²) in [5, 5.41) is 13.6. The number of hydrogen-bond donors (Lipinski definition) is 1. The van der Waals surface area contributed by atoms with Crippen molar-refractivity contribution < 1.29 is 9.90 Å². The number of hydrogen-bond acceptors (Lipinski definition) is 3. The number of nitrogens with zero attached hydrogens (tertiary/aromatic N) is 3. The van der Waals surface area contributed by atoms with Crippen LogP contribution >= 0.6 is 0 Å². The van der Waals surface area contributed by atoms with Gasteiger partial charge in [-0.1, -0.05) is 29.8 Å². The molecule has 1 aromatic heterocycles. The Hall–Kier alpha value is -2.17. The number of aryl methyl sites for hydroxylation is 1. The largest absolute Gasteiger partial charge is 0.481 e. The van der Waals surface area contributed by atoms with Gasteiger partial charge in [0.15, 0.2) is 0 Å². The summed E-state index contributed by atoms with van der Waals surface area (Å²) in [6.45, 7) is 5.96. The van der Waals surface area contributed by atoms with Crippen LogP contribution in [-0.2, 0) is 11.2 Å². The summed E-state index contributed by atoms with van der Waals surface area (Å²) in [5.41, 5.74) is 1.86. The first-order valence-corrected chi connectivity index (χ1v) is 6.66. The van der Waals surface area contributed by atoms with Crippen molar-refractivity contribution >= 4 is 5.97 Å². The quantitative estimate of drug-likeness (QED) is 0.909. The third-order valence-electron chi connectivity index (χ3n) is 3.27. The lowest BCUT2D eigenvalue weighted by Gasteiger charge is -2.15. The monoisotopic (exact) mass is 273 g/mol. The average molecular weight is 273 g/mol. The van der Waals surface area contributed by atoms with E-state index in [1.165, 1.54) is 6.33 Å². The molecule has 1 N–H and O–H groups in total. The lowest BCUT2D eigenvalue weighted by molar-refractivity contribution is -0.138. The summed E-state index contributed by atoms with van der Waals surface area (Å²) in [6.07, 6.45) is 1.82. The molecule has 0 fully saturated rings. The number of carboxylic acid groups (broad SMARTS) is 1. The normalized spacial score (nSPS) is 12.6. The summed E-state index contributed by atoms with van der Waals surface area (Å²) in [4.78, 5) is 15.8. The maximum Gasteiger partial charge on any atom is 0.311 e. The van der Waals surface area contributed by atoms with Gasteiger partial charge in [-0.25, -0.2) is 9.67 Å². The van der Waals surface area contributed by atoms with Crippen LogP contribution < -0.4 is 0 Å². The topological polar surface area (TPSA) is 68.0 Å². The van der Waals surface area contributed by atoms with Gasteiger partial charge in [-0.3, -0.25) is 4.79 Å². The summed E-state index contributed by atoms with van der Waals surface area (Å²) in [5.74, 6) is -0.737. The van der Waals surface area contributed by atoms with E-state index in [2.05, 4.69) is 10.1 Å². The smallest absolute Gasteiger partial charge is 0.311 e. The zero-order valence-electron chi connectivity index (χ0n) is 11.9.